The molecule has 0 saturated heterocycles. The Kier molecular flexibility index (Phi) is 6.45. The molecule has 0 aromatic heterocycles. The Morgan fingerprint density at radius 2 is 1.52 bits per heavy atom. The van der Waals surface area contributed by atoms with Crippen molar-refractivity contribution in [2.45, 2.75) is 27.2 Å². The quantitative estimate of drug-likeness (QED) is 0.796. The number of carbonyl (C=O) groups excluding carboxylic acids is 2. The lowest BCUT2D eigenvalue weighted by molar-refractivity contribution is -0.117. The van der Waals surface area contributed by atoms with Gasteiger partial charge in [0.05, 0.1) is 15.7 Å². The smallest absolute Gasteiger partial charge is 0.226 e. The van der Waals surface area contributed by atoms with Gasteiger partial charge < -0.3 is 10.2 Å². The standard InChI is InChI=1S/C19H20Cl2N2O2/c1-12-6-4-7-13(2)18(12)22-17(25)10-11-23(14(3)24)19-15(20)8-5-9-16(19)21/h4-9H,10-11H2,1-3H3,(H,22,25). The van der Waals surface area contributed by atoms with Gasteiger partial charge in [0, 0.05) is 25.6 Å². The minimum absolute atomic E-state index is 0.134. The van der Waals surface area contributed by atoms with E-state index in [1.54, 1.807) is 18.2 Å². The highest BCUT2D eigenvalue weighted by molar-refractivity contribution is 6.39. The Morgan fingerprint density at radius 3 is 2.04 bits per heavy atom. The van der Waals surface area contributed by atoms with E-state index in [9.17, 15) is 9.59 Å². The number of halogens is 2. The molecule has 132 valence electrons. The fourth-order valence-corrected chi connectivity index (χ4v) is 3.20. The lowest BCUT2D eigenvalue weighted by atomic mass is 10.1. The first-order valence-electron chi connectivity index (χ1n) is 7.89. The third-order valence-electron chi connectivity index (χ3n) is 3.90. The van der Waals surface area contributed by atoms with Crippen molar-refractivity contribution in [3.8, 4) is 0 Å². The van der Waals surface area contributed by atoms with Crippen LogP contribution in [0, 0.1) is 13.8 Å². The topological polar surface area (TPSA) is 49.4 Å². The van der Waals surface area contributed by atoms with Crippen molar-refractivity contribution in [1.82, 2.24) is 0 Å². The van der Waals surface area contributed by atoms with Crippen LogP contribution in [0.2, 0.25) is 10.0 Å². The number of rotatable bonds is 5. The Balaban J connectivity index is 2.12. The molecule has 0 atom stereocenters. The lowest BCUT2D eigenvalue weighted by Crippen LogP contribution is -2.32. The van der Waals surface area contributed by atoms with Crippen LogP contribution in [0.15, 0.2) is 36.4 Å². The molecule has 0 saturated carbocycles. The Labute approximate surface area is 157 Å². The van der Waals surface area contributed by atoms with Crippen molar-refractivity contribution in [3.63, 3.8) is 0 Å². The zero-order valence-electron chi connectivity index (χ0n) is 14.4. The van der Waals surface area contributed by atoms with Crippen LogP contribution in [0.1, 0.15) is 24.5 Å². The molecule has 2 rings (SSSR count). The van der Waals surface area contributed by atoms with Gasteiger partial charge in [-0.25, -0.2) is 0 Å². The number of hydrogen-bond acceptors (Lipinski definition) is 2. The number of benzene rings is 2. The summed E-state index contributed by atoms with van der Waals surface area (Å²) in [4.78, 5) is 25.8. The molecule has 0 aliphatic carbocycles. The molecular weight excluding hydrogens is 359 g/mol. The second kappa shape index (κ2) is 8.37. The van der Waals surface area contributed by atoms with Gasteiger partial charge in [0.2, 0.25) is 11.8 Å². The van der Waals surface area contributed by atoms with Crippen LogP contribution < -0.4 is 10.2 Å². The van der Waals surface area contributed by atoms with E-state index in [-0.39, 0.29) is 24.8 Å². The minimum Gasteiger partial charge on any atom is -0.326 e. The predicted molar refractivity (Wildman–Crippen MR) is 104 cm³/mol. The summed E-state index contributed by atoms with van der Waals surface area (Å²) < 4.78 is 0. The third-order valence-corrected chi connectivity index (χ3v) is 4.51. The predicted octanol–water partition coefficient (Wildman–Crippen LogP) is 4.99. The lowest BCUT2D eigenvalue weighted by Gasteiger charge is -2.23. The molecule has 0 radical (unpaired) electrons. The highest BCUT2D eigenvalue weighted by Gasteiger charge is 2.19. The van der Waals surface area contributed by atoms with Gasteiger partial charge in [-0.3, -0.25) is 9.59 Å². The third kappa shape index (κ3) is 4.74. The zero-order chi connectivity index (χ0) is 18.6. The minimum atomic E-state index is -0.227. The Morgan fingerprint density at radius 1 is 1.00 bits per heavy atom. The van der Waals surface area contributed by atoms with E-state index in [1.807, 2.05) is 32.0 Å². The average Bonchev–Trinajstić information content (AvgIpc) is 2.53. The van der Waals surface area contributed by atoms with Gasteiger partial charge >= 0.3 is 0 Å². The summed E-state index contributed by atoms with van der Waals surface area (Å²) in [6.07, 6.45) is 0.134. The first-order valence-corrected chi connectivity index (χ1v) is 8.65. The molecule has 0 heterocycles. The molecule has 25 heavy (non-hydrogen) atoms. The monoisotopic (exact) mass is 378 g/mol. The molecule has 0 fully saturated rings. The summed E-state index contributed by atoms with van der Waals surface area (Å²) in [6.45, 7) is 5.49. The molecule has 6 heteroatoms. The summed E-state index contributed by atoms with van der Waals surface area (Å²) in [5, 5.41) is 3.66. The summed E-state index contributed by atoms with van der Waals surface area (Å²) in [6, 6.07) is 10.9. The number of para-hydroxylation sites is 2. The van der Waals surface area contributed by atoms with Gasteiger partial charge in [-0.2, -0.15) is 0 Å². The van der Waals surface area contributed by atoms with Crippen LogP contribution in [0.25, 0.3) is 0 Å². The van der Waals surface area contributed by atoms with Gasteiger partial charge in [-0.05, 0) is 37.1 Å². The van der Waals surface area contributed by atoms with Crippen molar-refractivity contribution in [2.24, 2.45) is 0 Å². The van der Waals surface area contributed by atoms with Crippen LogP contribution >= 0.6 is 23.2 Å². The van der Waals surface area contributed by atoms with Crippen LogP contribution in [-0.2, 0) is 9.59 Å². The molecular formula is C19H20Cl2N2O2. The van der Waals surface area contributed by atoms with Gasteiger partial charge in [0.1, 0.15) is 0 Å². The summed E-state index contributed by atoms with van der Waals surface area (Å²) in [5.74, 6) is -0.401. The maximum Gasteiger partial charge on any atom is 0.226 e. The first-order chi connectivity index (χ1) is 11.8. The van der Waals surface area contributed by atoms with E-state index < -0.39 is 0 Å². The van der Waals surface area contributed by atoms with Crippen molar-refractivity contribution in [3.05, 3.63) is 57.6 Å². The number of amides is 2. The molecule has 0 aliphatic rings. The van der Waals surface area contributed by atoms with Crippen LogP contribution in [0.3, 0.4) is 0 Å². The molecule has 4 nitrogen and oxygen atoms in total. The number of carbonyl (C=O) groups is 2. The Hall–Kier alpha value is -2.04. The number of nitrogens with zero attached hydrogens (tertiary/aromatic N) is 1. The molecule has 0 spiro atoms. The van der Waals surface area contributed by atoms with Crippen LogP contribution in [0.5, 0.6) is 0 Å². The van der Waals surface area contributed by atoms with Crippen LogP contribution in [0.4, 0.5) is 11.4 Å². The van der Waals surface area contributed by atoms with Crippen molar-refractivity contribution in [1.29, 1.82) is 0 Å². The molecule has 2 aromatic rings. The molecule has 1 N–H and O–H groups in total. The number of aryl methyl sites for hydroxylation is 2. The van der Waals surface area contributed by atoms with E-state index >= 15 is 0 Å². The SMILES string of the molecule is CC(=O)N(CCC(=O)Nc1c(C)cccc1C)c1c(Cl)cccc1Cl. The van der Waals surface area contributed by atoms with Gasteiger partial charge in [0.15, 0.2) is 0 Å². The fourth-order valence-electron chi connectivity index (χ4n) is 2.60. The van der Waals surface area contributed by atoms with Crippen molar-refractivity contribution < 1.29 is 9.59 Å². The fraction of sp³-hybridized carbons (Fsp3) is 0.263. The van der Waals surface area contributed by atoms with E-state index in [0.717, 1.165) is 16.8 Å². The maximum atomic E-state index is 12.3. The molecule has 0 bridgehead atoms. The molecule has 2 amide bonds. The zero-order valence-corrected chi connectivity index (χ0v) is 15.9. The number of hydrogen-bond donors (Lipinski definition) is 1. The highest BCUT2D eigenvalue weighted by Crippen LogP contribution is 2.33. The summed E-state index contributed by atoms with van der Waals surface area (Å²) in [7, 11) is 0. The van der Waals surface area contributed by atoms with E-state index in [2.05, 4.69) is 5.32 Å². The van der Waals surface area contributed by atoms with Crippen molar-refractivity contribution >= 4 is 46.4 Å². The van der Waals surface area contributed by atoms with E-state index in [1.165, 1.54) is 11.8 Å². The second-order valence-electron chi connectivity index (χ2n) is 5.81. The van der Waals surface area contributed by atoms with Crippen molar-refractivity contribution in [2.75, 3.05) is 16.8 Å². The number of anilines is 2. The largest absolute Gasteiger partial charge is 0.326 e. The normalized spacial score (nSPS) is 10.4. The number of nitrogens with one attached hydrogen (secondary N) is 1. The second-order valence-corrected chi connectivity index (χ2v) is 6.62. The first kappa shape index (κ1) is 19.3. The molecule has 2 aromatic carbocycles. The van der Waals surface area contributed by atoms with Gasteiger partial charge in [-0.1, -0.05) is 47.5 Å². The summed E-state index contributed by atoms with van der Waals surface area (Å²) >= 11 is 12.4. The average molecular weight is 379 g/mol. The molecule has 0 aliphatic heterocycles. The molecule has 0 unspecified atom stereocenters. The summed E-state index contributed by atoms with van der Waals surface area (Å²) in [5.41, 5.74) is 3.22. The highest BCUT2D eigenvalue weighted by atomic mass is 35.5. The van der Waals surface area contributed by atoms with E-state index in [0.29, 0.717) is 15.7 Å². The van der Waals surface area contributed by atoms with Gasteiger partial charge in [-0.15, -0.1) is 0 Å². The van der Waals surface area contributed by atoms with Crippen LogP contribution in [-0.4, -0.2) is 18.4 Å². The van der Waals surface area contributed by atoms with E-state index in [4.69, 9.17) is 23.2 Å². The Bertz CT molecular complexity index is 766. The maximum absolute atomic E-state index is 12.3. The van der Waals surface area contributed by atoms with Gasteiger partial charge in [0.25, 0.3) is 0 Å².